The number of nitrogens with one attached hydrogen (secondary N) is 3. The zero-order valence-corrected chi connectivity index (χ0v) is 15.4. The van der Waals surface area contributed by atoms with Crippen LogP contribution >= 0.6 is 0 Å². The molecule has 2 amide bonds. The molecule has 0 aliphatic heterocycles. The number of hydrogen-bond acceptors (Lipinski definition) is 4. The van der Waals surface area contributed by atoms with Crippen molar-refractivity contribution in [3.8, 4) is 5.75 Å². The molecule has 26 heavy (non-hydrogen) atoms. The molecule has 0 fully saturated rings. The van der Waals surface area contributed by atoms with E-state index in [9.17, 15) is 9.59 Å². The van der Waals surface area contributed by atoms with E-state index in [4.69, 9.17) is 4.74 Å². The van der Waals surface area contributed by atoms with Crippen LogP contribution in [0.2, 0.25) is 0 Å². The molecule has 0 aromatic heterocycles. The van der Waals surface area contributed by atoms with Crippen LogP contribution in [-0.4, -0.2) is 25.5 Å². The summed E-state index contributed by atoms with van der Waals surface area (Å²) in [6.07, 6.45) is 0.789. The molecule has 0 aliphatic carbocycles. The average Bonchev–Trinajstić information content (AvgIpc) is 2.64. The fourth-order valence-electron chi connectivity index (χ4n) is 2.59. The number of methoxy groups -OCH3 is 1. The van der Waals surface area contributed by atoms with Gasteiger partial charge in [0, 0.05) is 12.1 Å². The molecule has 0 aliphatic rings. The Morgan fingerprint density at radius 2 is 1.73 bits per heavy atom. The number of rotatable bonds is 7. The van der Waals surface area contributed by atoms with E-state index in [2.05, 4.69) is 16.2 Å². The van der Waals surface area contributed by atoms with Gasteiger partial charge in [-0.15, -0.1) is 0 Å². The fraction of sp³-hybridized carbons (Fsp3) is 0.300. The zero-order chi connectivity index (χ0) is 18.9. The van der Waals surface area contributed by atoms with Gasteiger partial charge >= 0.3 is 0 Å². The van der Waals surface area contributed by atoms with Crippen LogP contribution < -0.4 is 20.9 Å². The van der Waals surface area contributed by atoms with Gasteiger partial charge in [-0.1, -0.05) is 35.9 Å². The molecule has 0 radical (unpaired) electrons. The second-order valence-electron chi connectivity index (χ2n) is 6.08. The van der Waals surface area contributed by atoms with Gasteiger partial charge in [-0.3, -0.25) is 20.4 Å². The Kier molecular flexibility index (Phi) is 7.02. The highest BCUT2D eigenvalue weighted by molar-refractivity contribution is 5.84. The molecule has 6 heteroatoms. The van der Waals surface area contributed by atoms with Crippen molar-refractivity contribution in [3.05, 3.63) is 59.2 Å². The predicted molar refractivity (Wildman–Crippen MR) is 102 cm³/mol. The minimum absolute atomic E-state index is 0.0800. The summed E-state index contributed by atoms with van der Waals surface area (Å²) in [6, 6.07) is 13.5. The van der Waals surface area contributed by atoms with E-state index in [1.54, 1.807) is 7.11 Å². The SMILES string of the molecule is COc1ccccc1CCC(=O)NNC(=O)CNc1ccc(C)cc1C. The maximum atomic E-state index is 11.9. The van der Waals surface area contributed by atoms with E-state index >= 15 is 0 Å². The fourth-order valence-corrected chi connectivity index (χ4v) is 2.59. The van der Waals surface area contributed by atoms with Crippen molar-refractivity contribution >= 4 is 17.5 Å². The van der Waals surface area contributed by atoms with E-state index < -0.39 is 0 Å². The molecule has 0 bridgehead atoms. The molecule has 2 rings (SSSR count). The summed E-state index contributed by atoms with van der Waals surface area (Å²) in [5, 5.41) is 3.06. The normalized spacial score (nSPS) is 10.1. The first-order valence-electron chi connectivity index (χ1n) is 8.50. The highest BCUT2D eigenvalue weighted by atomic mass is 16.5. The van der Waals surface area contributed by atoms with E-state index in [1.807, 2.05) is 56.3 Å². The molecule has 6 nitrogen and oxygen atoms in total. The van der Waals surface area contributed by atoms with Gasteiger partial charge in [-0.2, -0.15) is 0 Å². The third kappa shape index (κ3) is 5.81. The molecule has 0 spiro atoms. The maximum absolute atomic E-state index is 11.9. The molecule has 0 heterocycles. The van der Waals surface area contributed by atoms with E-state index in [0.29, 0.717) is 6.42 Å². The lowest BCUT2D eigenvalue weighted by molar-refractivity contribution is -0.128. The third-order valence-corrected chi connectivity index (χ3v) is 3.98. The van der Waals surface area contributed by atoms with Crippen molar-refractivity contribution < 1.29 is 14.3 Å². The van der Waals surface area contributed by atoms with E-state index in [-0.39, 0.29) is 24.8 Å². The molecule has 2 aromatic rings. The van der Waals surface area contributed by atoms with Crippen LogP contribution in [0.1, 0.15) is 23.1 Å². The van der Waals surface area contributed by atoms with Crippen LogP contribution in [0.3, 0.4) is 0 Å². The van der Waals surface area contributed by atoms with Gasteiger partial charge in [0.05, 0.1) is 13.7 Å². The molecule has 0 unspecified atom stereocenters. The molecule has 0 saturated carbocycles. The van der Waals surface area contributed by atoms with Gasteiger partial charge in [0.2, 0.25) is 5.91 Å². The topological polar surface area (TPSA) is 79.5 Å². The standard InChI is InChI=1S/C20H25N3O3/c1-14-8-10-17(15(2)12-14)21-13-20(25)23-22-19(24)11-9-16-6-4-5-7-18(16)26-3/h4-8,10,12,21H,9,11,13H2,1-3H3,(H,22,24)(H,23,25). The Hall–Kier alpha value is -3.02. The van der Waals surface area contributed by atoms with Crippen LogP contribution in [0.4, 0.5) is 5.69 Å². The Bertz CT molecular complexity index is 775. The van der Waals surface area contributed by atoms with Crippen LogP contribution in [0, 0.1) is 13.8 Å². The summed E-state index contributed by atoms with van der Waals surface area (Å²) in [5.74, 6) is 0.188. The molecule has 0 atom stereocenters. The minimum Gasteiger partial charge on any atom is -0.496 e. The number of aryl methyl sites for hydroxylation is 3. The number of carbonyl (C=O) groups excluding carboxylic acids is 2. The number of hydrogen-bond donors (Lipinski definition) is 3. The Balaban J connectivity index is 1.72. The van der Waals surface area contributed by atoms with Crippen molar-refractivity contribution in [3.63, 3.8) is 0 Å². The maximum Gasteiger partial charge on any atom is 0.257 e. The van der Waals surface area contributed by atoms with E-state index in [1.165, 1.54) is 5.56 Å². The van der Waals surface area contributed by atoms with Crippen molar-refractivity contribution in [1.29, 1.82) is 0 Å². The minimum atomic E-state index is -0.310. The molecular formula is C20H25N3O3. The predicted octanol–water partition coefficient (Wildman–Crippen LogP) is 2.50. The summed E-state index contributed by atoms with van der Waals surface area (Å²) in [4.78, 5) is 23.8. The average molecular weight is 355 g/mol. The monoisotopic (exact) mass is 355 g/mol. The Morgan fingerprint density at radius 3 is 2.46 bits per heavy atom. The number of carbonyl (C=O) groups is 2. The van der Waals surface area contributed by atoms with Gasteiger partial charge in [0.15, 0.2) is 0 Å². The summed E-state index contributed by atoms with van der Waals surface area (Å²) < 4.78 is 5.26. The van der Waals surface area contributed by atoms with E-state index in [0.717, 1.165) is 22.6 Å². The van der Waals surface area contributed by atoms with Crippen LogP contribution in [0.15, 0.2) is 42.5 Å². The van der Waals surface area contributed by atoms with Crippen molar-refractivity contribution in [2.24, 2.45) is 0 Å². The van der Waals surface area contributed by atoms with Gasteiger partial charge in [-0.25, -0.2) is 0 Å². The first kappa shape index (κ1) is 19.3. The summed E-state index contributed by atoms with van der Waals surface area (Å²) in [5.41, 5.74) is 8.93. The third-order valence-electron chi connectivity index (χ3n) is 3.98. The first-order valence-corrected chi connectivity index (χ1v) is 8.50. The Morgan fingerprint density at radius 1 is 1.00 bits per heavy atom. The largest absolute Gasteiger partial charge is 0.496 e. The lowest BCUT2D eigenvalue weighted by atomic mass is 10.1. The number of hydrazine groups is 1. The zero-order valence-electron chi connectivity index (χ0n) is 15.4. The second-order valence-corrected chi connectivity index (χ2v) is 6.08. The lowest BCUT2D eigenvalue weighted by Gasteiger charge is -2.12. The molecule has 3 N–H and O–H groups in total. The van der Waals surface area contributed by atoms with Crippen molar-refractivity contribution in [1.82, 2.24) is 10.9 Å². The Labute approximate surface area is 153 Å². The first-order chi connectivity index (χ1) is 12.5. The second kappa shape index (κ2) is 9.46. The van der Waals surface area contributed by atoms with Gasteiger partial charge in [0.1, 0.15) is 5.75 Å². The quantitative estimate of drug-likeness (QED) is 0.667. The van der Waals surface area contributed by atoms with Gasteiger partial charge in [-0.05, 0) is 43.5 Å². The van der Waals surface area contributed by atoms with Crippen LogP contribution in [0.25, 0.3) is 0 Å². The number of benzene rings is 2. The highest BCUT2D eigenvalue weighted by Gasteiger charge is 2.08. The lowest BCUT2D eigenvalue weighted by Crippen LogP contribution is -2.44. The summed E-state index contributed by atoms with van der Waals surface area (Å²) in [6.45, 7) is 4.08. The van der Waals surface area contributed by atoms with Crippen molar-refractivity contribution in [2.45, 2.75) is 26.7 Å². The smallest absolute Gasteiger partial charge is 0.257 e. The van der Waals surface area contributed by atoms with Crippen LogP contribution in [-0.2, 0) is 16.0 Å². The molecule has 138 valence electrons. The molecule has 2 aromatic carbocycles. The number of amides is 2. The molecule has 0 saturated heterocycles. The van der Waals surface area contributed by atoms with Gasteiger partial charge < -0.3 is 10.1 Å². The number of anilines is 1. The van der Waals surface area contributed by atoms with Crippen LogP contribution in [0.5, 0.6) is 5.75 Å². The van der Waals surface area contributed by atoms with Gasteiger partial charge in [0.25, 0.3) is 5.91 Å². The number of ether oxygens (including phenoxy) is 1. The summed E-state index contributed by atoms with van der Waals surface area (Å²) >= 11 is 0. The van der Waals surface area contributed by atoms with Crippen molar-refractivity contribution in [2.75, 3.05) is 19.0 Å². The summed E-state index contributed by atoms with van der Waals surface area (Å²) in [7, 11) is 1.60. The number of para-hydroxylation sites is 1. The highest BCUT2D eigenvalue weighted by Crippen LogP contribution is 2.18. The molecular weight excluding hydrogens is 330 g/mol.